The molecule has 0 atom stereocenters. The maximum atomic E-state index is 7.23. The Morgan fingerprint density at radius 1 is 1.18 bits per heavy atom. The van der Waals surface area contributed by atoms with Crippen LogP contribution in [0.25, 0.3) is 0 Å². The minimum Gasteiger partial charge on any atom is -1.00 e. The Labute approximate surface area is 159 Å². The van der Waals surface area contributed by atoms with Crippen molar-refractivity contribution >= 4 is 22.8 Å². The van der Waals surface area contributed by atoms with E-state index in [9.17, 15) is 0 Å². The average molecular weight is 278 g/mol. The minimum absolute atomic E-state index is 0. The Morgan fingerprint density at radius 2 is 1.59 bits per heavy atom. The molecule has 4 N–H and O–H groups in total. The first-order chi connectivity index (χ1) is 6.04. The van der Waals surface area contributed by atoms with Crippen molar-refractivity contribution in [3.63, 3.8) is 0 Å². The normalized spacial score (nSPS) is 6.94. The van der Waals surface area contributed by atoms with Gasteiger partial charge in [-0.2, -0.15) is 0 Å². The summed E-state index contributed by atoms with van der Waals surface area (Å²) in [5.41, 5.74) is 0. The van der Waals surface area contributed by atoms with Crippen molar-refractivity contribution in [2.75, 3.05) is 19.0 Å². The summed E-state index contributed by atoms with van der Waals surface area (Å²) in [6.07, 6.45) is 1.79. The molecule has 0 amide bonds. The van der Waals surface area contributed by atoms with E-state index >= 15 is 0 Å². The molecule has 0 spiro atoms. The standard InChI is InChI=1S/C7H10N2.B.K.Li.H3O3P.H2O/c1-9(2)7-5-3-4-6-8-7;;;;1-4(2)3;/h3-6H,1-2H3;;;;1-3H;1H2/q;-1;2*+1;;/p-1. The summed E-state index contributed by atoms with van der Waals surface area (Å²) in [7, 11) is 1.33. The second-order valence-electron chi connectivity index (χ2n) is 2.35. The molecule has 0 saturated carbocycles. The molecule has 0 aromatic carbocycles. The van der Waals surface area contributed by atoms with E-state index in [-0.39, 0.29) is 84.1 Å². The van der Waals surface area contributed by atoms with E-state index in [2.05, 4.69) is 4.98 Å². The third-order valence-electron chi connectivity index (χ3n) is 1.11. The van der Waals surface area contributed by atoms with Crippen molar-refractivity contribution in [3.8, 4) is 0 Å². The number of aromatic nitrogens is 1. The Balaban J connectivity index is -0.0000000542. The van der Waals surface area contributed by atoms with Crippen molar-refractivity contribution in [3.05, 3.63) is 24.4 Å². The fourth-order valence-electron chi connectivity index (χ4n) is 0.618. The molecule has 86 valence electrons. The summed E-state index contributed by atoms with van der Waals surface area (Å²) in [5, 5.41) is 0. The molecule has 4 radical (unpaired) electrons. The summed E-state index contributed by atoms with van der Waals surface area (Å²) < 4.78 is 0. The quantitative estimate of drug-likeness (QED) is 0.348. The molecule has 0 aliphatic heterocycles. The number of rotatable bonds is 1. The summed E-state index contributed by atoms with van der Waals surface area (Å²) in [6.45, 7) is 0. The van der Waals surface area contributed by atoms with E-state index in [1.165, 1.54) is 0 Å². The van der Waals surface area contributed by atoms with Crippen LogP contribution in [0.5, 0.6) is 0 Å². The molecule has 0 saturated heterocycles. The fourth-order valence-corrected chi connectivity index (χ4v) is 0.618. The van der Waals surface area contributed by atoms with Crippen molar-refractivity contribution in [2.24, 2.45) is 0 Å². The van der Waals surface area contributed by atoms with Gasteiger partial charge in [0.25, 0.3) is 0 Å². The summed E-state index contributed by atoms with van der Waals surface area (Å²) in [6, 6.07) is 5.86. The van der Waals surface area contributed by atoms with Gasteiger partial charge in [-0.1, -0.05) is 6.07 Å². The second-order valence-corrected chi connectivity index (χ2v) is 2.89. The molecule has 0 aliphatic carbocycles. The van der Waals surface area contributed by atoms with Gasteiger partial charge in [0.1, 0.15) is 5.82 Å². The number of anilines is 1. The maximum Gasteiger partial charge on any atom is 1.00 e. The molecule has 0 aliphatic rings. The van der Waals surface area contributed by atoms with Gasteiger partial charge in [0, 0.05) is 20.3 Å². The molecule has 1 rings (SSSR count). The molecule has 0 unspecified atom stereocenters. The van der Waals surface area contributed by atoms with Crippen molar-refractivity contribution in [2.45, 2.75) is 0 Å². The van der Waals surface area contributed by atoms with Crippen LogP contribution in [-0.2, 0) is 0 Å². The van der Waals surface area contributed by atoms with E-state index in [1.54, 1.807) is 6.20 Å². The van der Waals surface area contributed by atoms with Crippen LogP contribution in [0.1, 0.15) is 0 Å². The molecular weight excluding hydrogens is 264 g/mol. The second kappa shape index (κ2) is 19.8. The third kappa shape index (κ3) is 23.1. The molecule has 6 nitrogen and oxygen atoms in total. The van der Waals surface area contributed by atoms with E-state index in [4.69, 9.17) is 14.7 Å². The zero-order valence-electron chi connectivity index (χ0n) is 10.5. The number of pyridine rings is 1. The third-order valence-corrected chi connectivity index (χ3v) is 1.11. The molecule has 17 heavy (non-hydrogen) atoms. The first-order valence-corrected chi connectivity index (χ1v) is 4.69. The molecule has 1 heterocycles. The number of hydrogen-bond acceptors (Lipinski definition) is 6. The van der Waals surface area contributed by atoms with Gasteiger partial charge in [-0.15, -0.1) is 0 Å². The predicted molar refractivity (Wildman–Crippen MR) is 59.8 cm³/mol. The number of nitrogens with zero attached hydrogens (tertiary/aromatic N) is 2. The molecule has 10 heteroatoms. The van der Waals surface area contributed by atoms with Gasteiger partial charge < -0.3 is 33.5 Å². The van der Waals surface area contributed by atoms with Crippen LogP contribution in [-0.4, -0.2) is 47.6 Å². The van der Waals surface area contributed by atoms with Crippen LogP contribution >= 0.6 is 8.60 Å². The molecule has 1 aromatic rings. The van der Waals surface area contributed by atoms with Gasteiger partial charge in [-0.3, -0.25) is 0 Å². The van der Waals surface area contributed by atoms with Crippen LogP contribution < -0.4 is 75.1 Å². The Morgan fingerprint density at radius 3 is 1.76 bits per heavy atom. The van der Waals surface area contributed by atoms with Crippen molar-refractivity contribution in [1.29, 1.82) is 0 Å². The van der Waals surface area contributed by atoms with E-state index in [1.807, 2.05) is 37.2 Å². The Hall–Kier alpha value is 1.52. The molecular formula is C7H14BKLiN2O4P. The van der Waals surface area contributed by atoms with Gasteiger partial charge in [0.2, 0.25) is 0 Å². The van der Waals surface area contributed by atoms with Crippen LogP contribution in [0.4, 0.5) is 5.82 Å². The largest absolute Gasteiger partial charge is 1.00 e. The molecule has 0 bridgehead atoms. The zero-order valence-corrected chi connectivity index (χ0v) is 14.5. The first kappa shape index (κ1) is 31.1. The van der Waals surface area contributed by atoms with Crippen LogP contribution in [0.3, 0.4) is 0 Å². The monoisotopic (exact) mass is 278 g/mol. The van der Waals surface area contributed by atoms with Crippen molar-refractivity contribution < 1.29 is 90.4 Å². The van der Waals surface area contributed by atoms with Crippen molar-refractivity contribution in [1.82, 2.24) is 4.98 Å². The minimum atomic E-state index is -2.62. The van der Waals surface area contributed by atoms with Crippen LogP contribution in [0, 0.1) is 0 Å². The topological polar surface area (TPSA) is 107 Å². The number of hydrogen-bond donors (Lipinski definition) is 3. The molecule has 0 fully saturated rings. The van der Waals surface area contributed by atoms with E-state index in [0.717, 1.165) is 5.82 Å². The molecule has 1 aromatic heterocycles. The Bertz CT molecular complexity index is 234. The van der Waals surface area contributed by atoms with Crippen LogP contribution in [0.2, 0.25) is 0 Å². The predicted octanol–water partition coefficient (Wildman–Crippen LogP) is -6.21. The van der Waals surface area contributed by atoms with Gasteiger partial charge in [0.05, 0.1) is 0 Å². The average Bonchev–Trinajstić information content (AvgIpc) is 2.05. The van der Waals surface area contributed by atoms with E-state index < -0.39 is 8.60 Å². The van der Waals surface area contributed by atoms with Gasteiger partial charge in [0.15, 0.2) is 0 Å². The first-order valence-electron chi connectivity index (χ1n) is 3.49. The Kier molecular flexibility index (Phi) is 36.3. The SMILES string of the molecule is CN(C)c1ccccn1.OP(O)O.[B-].[K+].[Li+].[OH-]. The summed E-state index contributed by atoms with van der Waals surface area (Å²) >= 11 is 0. The van der Waals surface area contributed by atoms with Gasteiger partial charge in [-0.25, -0.2) is 4.98 Å². The fraction of sp³-hybridized carbons (Fsp3) is 0.286. The maximum absolute atomic E-state index is 7.23. The van der Waals surface area contributed by atoms with E-state index in [0.29, 0.717) is 0 Å². The van der Waals surface area contributed by atoms with Gasteiger partial charge in [-0.05, 0) is 12.1 Å². The smallest absolute Gasteiger partial charge is 1.00 e. The zero-order chi connectivity index (χ0) is 10.3. The van der Waals surface area contributed by atoms with Crippen LogP contribution in [0.15, 0.2) is 24.4 Å². The summed E-state index contributed by atoms with van der Waals surface area (Å²) in [4.78, 5) is 27.8. The van der Waals surface area contributed by atoms with Gasteiger partial charge >= 0.3 is 78.8 Å². The summed E-state index contributed by atoms with van der Waals surface area (Å²) in [5.74, 6) is 0.998.